The Kier molecular flexibility index (Phi) is 3.21. The molecule has 0 amide bonds. The summed E-state index contributed by atoms with van der Waals surface area (Å²) in [7, 11) is 0. The highest BCUT2D eigenvalue weighted by Gasteiger charge is 2.26. The summed E-state index contributed by atoms with van der Waals surface area (Å²) in [5.41, 5.74) is 0.356. The lowest BCUT2D eigenvalue weighted by molar-refractivity contribution is 0.162. The minimum absolute atomic E-state index is 0.201. The van der Waals surface area contributed by atoms with Crippen molar-refractivity contribution in [3.63, 3.8) is 0 Å². The van der Waals surface area contributed by atoms with Gasteiger partial charge in [-0.05, 0) is 31.5 Å². The average molecular weight is 227 g/mol. The molecule has 1 aliphatic heterocycles. The van der Waals surface area contributed by atoms with Gasteiger partial charge in [0.2, 0.25) is 0 Å². The van der Waals surface area contributed by atoms with Crippen LogP contribution in [0.5, 0.6) is 0 Å². The fraction of sp³-hybridized carbons (Fsp3) is 0.500. The summed E-state index contributed by atoms with van der Waals surface area (Å²) in [6, 6.07) is 3.29. The van der Waals surface area contributed by atoms with Crippen molar-refractivity contribution in [2.24, 2.45) is 0 Å². The molecule has 1 N–H and O–H groups in total. The molecule has 2 atom stereocenters. The van der Waals surface area contributed by atoms with Crippen molar-refractivity contribution in [2.75, 3.05) is 13.1 Å². The van der Waals surface area contributed by atoms with Gasteiger partial charge in [-0.1, -0.05) is 0 Å². The molecule has 1 aliphatic rings. The van der Waals surface area contributed by atoms with Gasteiger partial charge < -0.3 is 5.11 Å². The molecule has 2 unspecified atom stereocenters. The second kappa shape index (κ2) is 4.47. The molecule has 2 nitrogen and oxygen atoms in total. The van der Waals surface area contributed by atoms with E-state index < -0.39 is 11.6 Å². The SMILES string of the molecule is CC(c1cc(F)ccc1F)N1CCC(O)C1. The van der Waals surface area contributed by atoms with Crippen molar-refractivity contribution >= 4 is 0 Å². The fourth-order valence-corrected chi connectivity index (χ4v) is 2.15. The predicted molar refractivity (Wildman–Crippen MR) is 57.0 cm³/mol. The van der Waals surface area contributed by atoms with Crippen LogP contribution in [-0.4, -0.2) is 29.2 Å². The maximum atomic E-state index is 13.5. The van der Waals surface area contributed by atoms with Crippen LogP contribution in [-0.2, 0) is 0 Å². The molecule has 0 aliphatic carbocycles. The zero-order valence-corrected chi connectivity index (χ0v) is 9.16. The van der Waals surface area contributed by atoms with Crippen LogP contribution >= 0.6 is 0 Å². The summed E-state index contributed by atoms with van der Waals surface area (Å²) in [5, 5.41) is 9.41. The third-order valence-corrected chi connectivity index (χ3v) is 3.15. The lowest BCUT2D eigenvalue weighted by Gasteiger charge is -2.24. The summed E-state index contributed by atoms with van der Waals surface area (Å²) in [4.78, 5) is 1.96. The molecule has 4 heteroatoms. The molecule has 1 aromatic rings. The van der Waals surface area contributed by atoms with Gasteiger partial charge in [0, 0.05) is 24.7 Å². The quantitative estimate of drug-likeness (QED) is 0.836. The summed E-state index contributed by atoms with van der Waals surface area (Å²) in [5.74, 6) is -0.821. The van der Waals surface area contributed by atoms with Gasteiger partial charge in [-0.2, -0.15) is 0 Å². The van der Waals surface area contributed by atoms with E-state index in [9.17, 15) is 13.9 Å². The van der Waals surface area contributed by atoms with Crippen molar-refractivity contribution in [2.45, 2.75) is 25.5 Å². The zero-order chi connectivity index (χ0) is 11.7. The van der Waals surface area contributed by atoms with E-state index >= 15 is 0 Å². The standard InChI is InChI=1S/C12H15F2NO/c1-8(15-5-4-10(16)7-15)11-6-9(13)2-3-12(11)14/h2-3,6,8,10,16H,4-5,7H2,1H3. The molecule has 2 rings (SSSR count). The first kappa shape index (κ1) is 11.5. The molecule has 0 saturated carbocycles. The smallest absolute Gasteiger partial charge is 0.128 e. The van der Waals surface area contributed by atoms with E-state index in [1.54, 1.807) is 0 Å². The van der Waals surface area contributed by atoms with Crippen molar-refractivity contribution in [3.8, 4) is 0 Å². The van der Waals surface area contributed by atoms with Gasteiger partial charge in [0.1, 0.15) is 11.6 Å². The number of hydrogen-bond donors (Lipinski definition) is 1. The van der Waals surface area contributed by atoms with E-state index in [1.165, 1.54) is 6.07 Å². The van der Waals surface area contributed by atoms with E-state index in [4.69, 9.17) is 0 Å². The normalized spacial score (nSPS) is 23.6. The van der Waals surface area contributed by atoms with Crippen LogP contribution in [0, 0.1) is 11.6 Å². The first-order valence-corrected chi connectivity index (χ1v) is 5.45. The molecule has 0 spiro atoms. The van der Waals surface area contributed by atoms with Crippen LogP contribution in [0.25, 0.3) is 0 Å². The lowest BCUT2D eigenvalue weighted by Crippen LogP contribution is -2.26. The fourth-order valence-electron chi connectivity index (χ4n) is 2.15. The molecular formula is C12H15F2NO. The number of halogens is 2. The van der Waals surface area contributed by atoms with Crippen LogP contribution in [0.1, 0.15) is 24.9 Å². The van der Waals surface area contributed by atoms with Gasteiger partial charge in [-0.3, -0.25) is 4.90 Å². The van der Waals surface area contributed by atoms with E-state index in [-0.39, 0.29) is 12.1 Å². The van der Waals surface area contributed by atoms with E-state index in [0.29, 0.717) is 18.5 Å². The highest BCUT2D eigenvalue weighted by Crippen LogP contribution is 2.27. The van der Waals surface area contributed by atoms with Gasteiger partial charge in [0.15, 0.2) is 0 Å². The van der Waals surface area contributed by atoms with E-state index in [1.807, 2.05) is 11.8 Å². The monoisotopic (exact) mass is 227 g/mol. The number of hydrogen-bond acceptors (Lipinski definition) is 2. The summed E-state index contributed by atoms with van der Waals surface area (Å²) >= 11 is 0. The van der Waals surface area contributed by atoms with Crippen LogP contribution in [0.2, 0.25) is 0 Å². The number of rotatable bonds is 2. The maximum absolute atomic E-state index is 13.5. The van der Waals surface area contributed by atoms with Crippen molar-refractivity contribution in [1.29, 1.82) is 0 Å². The molecule has 0 bridgehead atoms. The third-order valence-electron chi connectivity index (χ3n) is 3.15. The van der Waals surface area contributed by atoms with Crippen molar-refractivity contribution in [3.05, 3.63) is 35.4 Å². The lowest BCUT2D eigenvalue weighted by atomic mass is 10.1. The average Bonchev–Trinajstić information content (AvgIpc) is 2.67. The predicted octanol–water partition coefficient (Wildman–Crippen LogP) is 2.09. The highest BCUT2D eigenvalue weighted by atomic mass is 19.1. The second-order valence-corrected chi connectivity index (χ2v) is 4.28. The number of β-amino-alcohol motifs (C(OH)–C–C–N with tert-alkyl or cyclic N) is 1. The molecule has 1 fully saturated rings. The number of benzene rings is 1. The minimum atomic E-state index is -0.428. The Morgan fingerprint density at radius 3 is 2.81 bits per heavy atom. The van der Waals surface area contributed by atoms with Gasteiger partial charge in [-0.25, -0.2) is 8.78 Å². The maximum Gasteiger partial charge on any atom is 0.128 e. The molecule has 88 valence electrons. The molecule has 0 radical (unpaired) electrons. The third kappa shape index (κ3) is 2.23. The summed E-state index contributed by atoms with van der Waals surface area (Å²) in [6.07, 6.45) is 0.348. The Hall–Kier alpha value is -1.00. The Morgan fingerprint density at radius 2 is 2.19 bits per heavy atom. The van der Waals surface area contributed by atoms with Gasteiger partial charge in [-0.15, -0.1) is 0 Å². The molecular weight excluding hydrogens is 212 g/mol. The van der Waals surface area contributed by atoms with E-state index in [0.717, 1.165) is 18.7 Å². The number of aliphatic hydroxyl groups excluding tert-OH is 1. The molecule has 1 heterocycles. The Bertz CT molecular complexity index is 383. The summed E-state index contributed by atoms with van der Waals surface area (Å²) in [6.45, 7) is 3.07. The Morgan fingerprint density at radius 1 is 1.44 bits per heavy atom. The Labute approximate surface area is 93.5 Å². The molecule has 16 heavy (non-hydrogen) atoms. The van der Waals surface area contributed by atoms with Crippen LogP contribution in [0.15, 0.2) is 18.2 Å². The van der Waals surface area contributed by atoms with Crippen molar-refractivity contribution in [1.82, 2.24) is 4.90 Å². The van der Waals surface area contributed by atoms with Gasteiger partial charge in [0.05, 0.1) is 6.10 Å². The first-order chi connectivity index (χ1) is 7.58. The Balaban J connectivity index is 2.20. The van der Waals surface area contributed by atoms with Crippen LogP contribution in [0.3, 0.4) is 0 Å². The largest absolute Gasteiger partial charge is 0.392 e. The topological polar surface area (TPSA) is 23.5 Å². The van der Waals surface area contributed by atoms with Gasteiger partial charge in [0.25, 0.3) is 0 Å². The number of likely N-dealkylation sites (tertiary alicyclic amines) is 1. The minimum Gasteiger partial charge on any atom is -0.392 e. The number of nitrogens with zero attached hydrogens (tertiary/aromatic N) is 1. The highest BCUT2D eigenvalue weighted by molar-refractivity contribution is 5.22. The first-order valence-electron chi connectivity index (χ1n) is 5.45. The number of aliphatic hydroxyl groups is 1. The van der Waals surface area contributed by atoms with Crippen LogP contribution < -0.4 is 0 Å². The summed E-state index contributed by atoms with van der Waals surface area (Å²) < 4.78 is 26.6. The van der Waals surface area contributed by atoms with Gasteiger partial charge >= 0.3 is 0 Å². The second-order valence-electron chi connectivity index (χ2n) is 4.28. The van der Waals surface area contributed by atoms with Crippen LogP contribution in [0.4, 0.5) is 8.78 Å². The molecule has 0 aromatic heterocycles. The van der Waals surface area contributed by atoms with E-state index in [2.05, 4.69) is 0 Å². The molecule has 1 saturated heterocycles. The molecule has 1 aromatic carbocycles. The van der Waals surface area contributed by atoms with Crippen molar-refractivity contribution < 1.29 is 13.9 Å². The zero-order valence-electron chi connectivity index (χ0n) is 9.16.